The minimum Gasteiger partial charge on any atom is -0.462 e. The fourth-order valence-electron chi connectivity index (χ4n) is 8.60. The molecule has 34 heavy (non-hydrogen) atoms. The van der Waals surface area contributed by atoms with Crippen molar-refractivity contribution in [2.45, 2.75) is 98.5 Å². The van der Waals surface area contributed by atoms with Crippen LogP contribution in [0.5, 0.6) is 0 Å². The lowest BCUT2D eigenvalue weighted by atomic mass is 9.44. The SMILES string of the molecule is CC(=O)[C@H]1CC[C@H]2[C@@H]3CC[C@H]4C[C@H](OC(=O)OCCOC(=O)C(C)C)CC[C@]4(C)[C@H]3CC[C@]12C. The summed E-state index contributed by atoms with van der Waals surface area (Å²) in [6.07, 6.45) is 9.27. The zero-order valence-electron chi connectivity index (χ0n) is 21.8. The molecule has 0 aromatic carbocycles. The topological polar surface area (TPSA) is 78.9 Å². The Morgan fingerprint density at radius 3 is 2.24 bits per heavy atom. The first-order valence-electron chi connectivity index (χ1n) is 13.6. The predicted octanol–water partition coefficient (Wildman–Crippen LogP) is 5.96. The minimum atomic E-state index is -0.655. The molecule has 0 unspecified atom stereocenters. The van der Waals surface area contributed by atoms with Gasteiger partial charge in [0.1, 0.15) is 25.1 Å². The van der Waals surface area contributed by atoms with Crippen molar-refractivity contribution >= 4 is 17.9 Å². The van der Waals surface area contributed by atoms with Crippen LogP contribution in [0.1, 0.15) is 92.4 Å². The average Bonchev–Trinajstić information content (AvgIpc) is 3.14. The molecule has 8 atom stereocenters. The van der Waals surface area contributed by atoms with Crippen LogP contribution < -0.4 is 0 Å². The lowest BCUT2D eigenvalue weighted by Gasteiger charge is -2.61. The first-order valence-corrected chi connectivity index (χ1v) is 13.6. The maximum atomic E-state index is 12.3. The minimum absolute atomic E-state index is 0.0241. The van der Waals surface area contributed by atoms with Gasteiger partial charge in [0.05, 0.1) is 5.92 Å². The Balaban J connectivity index is 1.30. The van der Waals surface area contributed by atoms with Gasteiger partial charge >= 0.3 is 12.1 Å². The number of rotatable bonds is 6. The highest BCUT2D eigenvalue weighted by molar-refractivity contribution is 5.79. The van der Waals surface area contributed by atoms with Gasteiger partial charge in [0.25, 0.3) is 0 Å². The van der Waals surface area contributed by atoms with Gasteiger partial charge in [-0.2, -0.15) is 0 Å². The van der Waals surface area contributed by atoms with Gasteiger partial charge in [0.2, 0.25) is 0 Å². The third-order valence-corrected chi connectivity index (χ3v) is 10.4. The highest BCUT2D eigenvalue weighted by Gasteiger charge is 2.60. The predicted molar refractivity (Wildman–Crippen MR) is 128 cm³/mol. The van der Waals surface area contributed by atoms with E-state index >= 15 is 0 Å². The number of Topliss-reactive ketones (excluding diaryl/α,β-unsaturated/α-hetero) is 1. The van der Waals surface area contributed by atoms with Crippen LogP contribution >= 0.6 is 0 Å². The lowest BCUT2D eigenvalue weighted by molar-refractivity contribution is -0.149. The molecule has 4 aliphatic rings. The molecule has 4 saturated carbocycles. The zero-order valence-corrected chi connectivity index (χ0v) is 21.8. The molecule has 4 aliphatic carbocycles. The number of carbonyl (C=O) groups is 3. The molecular weight excluding hydrogens is 432 g/mol. The van der Waals surface area contributed by atoms with Gasteiger partial charge in [-0.3, -0.25) is 9.59 Å². The van der Waals surface area contributed by atoms with Crippen molar-refractivity contribution < 1.29 is 28.6 Å². The van der Waals surface area contributed by atoms with Crippen molar-refractivity contribution in [3.05, 3.63) is 0 Å². The molecule has 6 nitrogen and oxygen atoms in total. The van der Waals surface area contributed by atoms with Crippen molar-refractivity contribution in [1.29, 1.82) is 0 Å². The fourth-order valence-corrected chi connectivity index (χ4v) is 8.60. The summed E-state index contributed by atoms with van der Waals surface area (Å²) in [4.78, 5) is 36.0. The number of hydrogen-bond acceptors (Lipinski definition) is 6. The van der Waals surface area contributed by atoms with E-state index in [2.05, 4.69) is 13.8 Å². The third-order valence-electron chi connectivity index (χ3n) is 10.4. The second kappa shape index (κ2) is 9.81. The number of fused-ring (bicyclic) bond motifs is 5. The van der Waals surface area contributed by atoms with Crippen LogP contribution in [0.3, 0.4) is 0 Å². The molecule has 4 fully saturated rings. The summed E-state index contributed by atoms with van der Waals surface area (Å²) < 4.78 is 15.9. The number of hydrogen-bond donors (Lipinski definition) is 0. The smallest absolute Gasteiger partial charge is 0.462 e. The Morgan fingerprint density at radius 2 is 1.53 bits per heavy atom. The molecule has 0 aromatic heterocycles. The van der Waals surface area contributed by atoms with Crippen molar-refractivity contribution in [2.24, 2.45) is 46.3 Å². The van der Waals surface area contributed by atoms with E-state index in [1.165, 1.54) is 32.1 Å². The van der Waals surface area contributed by atoms with E-state index in [0.717, 1.165) is 37.5 Å². The molecule has 192 valence electrons. The summed E-state index contributed by atoms with van der Waals surface area (Å²) in [7, 11) is 0. The summed E-state index contributed by atoms with van der Waals surface area (Å²) in [6.45, 7) is 10.3. The molecule has 0 aromatic rings. The summed E-state index contributed by atoms with van der Waals surface area (Å²) in [6, 6.07) is 0. The number of esters is 1. The van der Waals surface area contributed by atoms with E-state index in [4.69, 9.17) is 14.2 Å². The van der Waals surface area contributed by atoms with Crippen LogP contribution in [0.4, 0.5) is 4.79 Å². The molecule has 0 bridgehead atoms. The highest BCUT2D eigenvalue weighted by Crippen LogP contribution is 2.67. The van der Waals surface area contributed by atoms with E-state index in [1.54, 1.807) is 20.8 Å². The lowest BCUT2D eigenvalue weighted by Crippen LogP contribution is -2.54. The Hall–Kier alpha value is -1.59. The average molecular weight is 477 g/mol. The molecule has 6 heteroatoms. The molecule has 0 amide bonds. The Kier molecular flexibility index (Phi) is 7.36. The number of ether oxygens (including phenoxy) is 3. The second-order valence-corrected chi connectivity index (χ2v) is 12.4. The van der Waals surface area contributed by atoms with E-state index < -0.39 is 6.16 Å². The Morgan fingerprint density at radius 1 is 0.853 bits per heavy atom. The second-order valence-electron chi connectivity index (χ2n) is 12.4. The van der Waals surface area contributed by atoms with E-state index in [0.29, 0.717) is 23.0 Å². The van der Waals surface area contributed by atoms with Gasteiger partial charge in [0, 0.05) is 5.92 Å². The van der Waals surface area contributed by atoms with Gasteiger partial charge in [0.15, 0.2) is 0 Å². The van der Waals surface area contributed by atoms with Gasteiger partial charge in [-0.05, 0) is 99.2 Å². The maximum Gasteiger partial charge on any atom is 0.508 e. The quantitative estimate of drug-likeness (QED) is 0.348. The Labute approximate surface area is 204 Å². The summed E-state index contributed by atoms with van der Waals surface area (Å²) >= 11 is 0. The monoisotopic (exact) mass is 476 g/mol. The normalized spacial score (nSPS) is 41.1. The number of carbonyl (C=O) groups excluding carboxylic acids is 3. The zero-order chi connectivity index (χ0) is 24.7. The maximum absolute atomic E-state index is 12.3. The first kappa shape index (κ1) is 25.5. The summed E-state index contributed by atoms with van der Waals surface area (Å²) in [5.74, 6) is 2.88. The standard InChI is InChI=1S/C28H44O6/c1-17(2)25(30)32-14-15-33-26(31)34-20-10-12-27(4)19(16-20)6-7-21-23-9-8-22(18(3)29)28(23,5)13-11-24(21)27/h17,19-24H,6-16H2,1-5H3/t19-,20+,21-,22+,23-,24-,27-,28+/m0/s1. The first-order chi connectivity index (χ1) is 16.1. The van der Waals surface area contributed by atoms with Crippen molar-refractivity contribution in [3.63, 3.8) is 0 Å². The van der Waals surface area contributed by atoms with Gasteiger partial charge in [-0.25, -0.2) is 4.79 Å². The van der Waals surface area contributed by atoms with Crippen LogP contribution in [0, 0.1) is 46.3 Å². The van der Waals surface area contributed by atoms with Crippen molar-refractivity contribution in [3.8, 4) is 0 Å². The van der Waals surface area contributed by atoms with E-state index in [9.17, 15) is 14.4 Å². The Bertz CT molecular complexity index is 792. The van der Waals surface area contributed by atoms with Crippen molar-refractivity contribution in [2.75, 3.05) is 13.2 Å². The molecule has 0 heterocycles. The van der Waals surface area contributed by atoms with Gasteiger partial charge in [-0.1, -0.05) is 27.7 Å². The third kappa shape index (κ3) is 4.63. The summed E-state index contributed by atoms with van der Waals surface area (Å²) in [5.41, 5.74) is 0.497. The van der Waals surface area contributed by atoms with Crippen molar-refractivity contribution in [1.82, 2.24) is 0 Å². The molecule has 0 aliphatic heterocycles. The molecule has 0 spiro atoms. The van der Waals surface area contributed by atoms with Crippen LogP contribution in [0.2, 0.25) is 0 Å². The fraction of sp³-hybridized carbons (Fsp3) is 0.893. The molecule has 4 rings (SSSR count). The van der Waals surface area contributed by atoms with Crippen LogP contribution in [-0.2, 0) is 23.8 Å². The highest BCUT2D eigenvalue weighted by atomic mass is 16.7. The van der Waals surface area contributed by atoms with E-state index in [-0.39, 0.29) is 42.5 Å². The number of ketones is 1. The van der Waals surface area contributed by atoms with Crippen LogP contribution in [0.15, 0.2) is 0 Å². The molecule has 0 radical (unpaired) electrons. The van der Waals surface area contributed by atoms with Gasteiger partial charge in [-0.15, -0.1) is 0 Å². The molecular formula is C28H44O6. The van der Waals surface area contributed by atoms with E-state index in [1.807, 2.05) is 0 Å². The van der Waals surface area contributed by atoms with Crippen LogP contribution in [-0.4, -0.2) is 37.2 Å². The largest absolute Gasteiger partial charge is 0.508 e. The molecule has 0 N–H and O–H groups in total. The van der Waals surface area contributed by atoms with Gasteiger partial charge < -0.3 is 14.2 Å². The summed E-state index contributed by atoms with van der Waals surface area (Å²) in [5, 5.41) is 0. The van der Waals surface area contributed by atoms with Crippen LogP contribution in [0.25, 0.3) is 0 Å². The molecule has 0 saturated heterocycles.